The van der Waals surface area contributed by atoms with Crippen molar-refractivity contribution >= 4 is 17.4 Å². The van der Waals surface area contributed by atoms with E-state index in [1.165, 1.54) is 23.0 Å². The maximum atomic E-state index is 13.6. The molecular formula is C11H13FN4O2. The maximum absolute atomic E-state index is 13.6. The zero-order valence-corrected chi connectivity index (χ0v) is 10.3. The monoisotopic (exact) mass is 252 g/mol. The van der Waals surface area contributed by atoms with Crippen LogP contribution in [0.1, 0.15) is 20.8 Å². The first-order valence-corrected chi connectivity index (χ1v) is 5.34. The highest BCUT2D eigenvalue weighted by Crippen LogP contribution is 2.17. The summed E-state index contributed by atoms with van der Waals surface area (Å²) in [6.07, 6.45) is 1.84. The lowest BCUT2D eigenvalue weighted by molar-refractivity contribution is 0.0635. The van der Waals surface area contributed by atoms with Gasteiger partial charge in [0.05, 0.1) is 5.69 Å². The number of aromatic nitrogens is 3. The molecule has 18 heavy (non-hydrogen) atoms. The first-order chi connectivity index (χ1) is 8.35. The van der Waals surface area contributed by atoms with Crippen LogP contribution in [-0.2, 0) is 4.74 Å². The summed E-state index contributed by atoms with van der Waals surface area (Å²) in [4.78, 5) is 11.5. The second kappa shape index (κ2) is 4.25. The fraction of sp³-hybridized carbons (Fsp3) is 0.364. The standard InChI is InChI=1S/C11H13FN4O2/c1-11(2,3)18-10(17)14-8-4-9-15-13-6-16(9)5-7(8)12/h4-6H,1-3H3,(H,14,17). The number of pyridine rings is 1. The average molecular weight is 252 g/mol. The van der Waals surface area contributed by atoms with Crippen LogP contribution in [0.15, 0.2) is 18.6 Å². The van der Waals surface area contributed by atoms with E-state index in [2.05, 4.69) is 15.5 Å². The Morgan fingerprint density at radius 2 is 2.22 bits per heavy atom. The lowest BCUT2D eigenvalue weighted by Gasteiger charge is -2.19. The van der Waals surface area contributed by atoms with E-state index in [0.717, 1.165) is 0 Å². The van der Waals surface area contributed by atoms with Gasteiger partial charge in [0, 0.05) is 12.3 Å². The third-order valence-corrected chi connectivity index (χ3v) is 2.02. The van der Waals surface area contributed by atoms with Crippen LogP contribution in [0.2, 0.25) is 0 Å². The molecule has 2 aromatic rings. The number of hydrogen-bond donors (Lipinski definition) is 1. The minimum Gasteiger partial charge on any atom is -0.444 e. The molecule has 0 bridgehead atoms. The summed E-state index contributed by atoms with van der Waals surface area (Å²) in [5.41, 5.74) is -0.202. The van der Waals surface area contributed by atoms with Crippen molar-refractivity contribution in [2.75, 3.05) is 5.32 Å². The molecule has 0 unspecified atom stereocenters. The van der Waals surface area contributed by atoms with Crippen LogP contribution < -0.4 is 5.32 Å². The Bertz CT molecular complexity index is 588. The molecule has 0 aliphatic carbocycles. The van der Waals surface area contributed by atoms with Gasteiger partial charge in [0.2, 0.25) is 0 Å². The van der Waals surface area contributed by atoms with Gasteiger partial charge in [-0.15, -0.1) is 10.2 Å². The van der Waals surface area contributed by atoms with Crippen LogP contribution in [0.3, 0.4) is 0 Å². The molecule has 0 fully saturated rings. The highest BCUT2D eigenvalue weighted by atomic mass is 19.1. The molecule has 0 aromatic carbocycles. The van der Waals surface area contributed by atoms with Crippen molar-refractivity contribution in [2.45, 2.75) is 26.4 Å². The molecule has 2 aromatic heterocycles. The third kappa shape index (κ3) is 2.73. The normalized spacial score (nSPS) is 11.6. The molecule has 1 N–H and O–H groups in total. The largest absolute Gasteiger partial charge is 0.444 e. The number of amides is 1. The molecule has 0 saturated heterocycles. The second-order valence-electron chi connectivity index (χ2n) is 4.76. The van der Waals surface area contributed by atoms with E-state index in [9.17, 15) is 9.18 Å². The van der Waals surface area contributed by atoms with Gasteiger partial charge >= 0.3 is 6.09 Å². The predicted molar refractivity (Wildman–Crippen MR) is 62.8 cm³/mol. The Morgan fingerprint density at radius 1 is 1.50 bits per heavy atom. The molecule has 6 nitrogen and oxygen atoms in total. The lowest BCUT2D eigenvalue weighted by atomic mass is 10.2. The highest BCUT2D eigenvalue weighted by molar-refractivity contribution is 5.85. The first kappa shape index (κ1) is 12.3. The Hall–Kier alpha value is -2.18. The topological polar surface area (TPSA) is 68.5 Å². The number of rotatable bonds is 1. The summed E-state index contributed by atoms with van der Waals surface area (Å²) in [5, 5.41) is 9.71. The molecular weight excluding hydrogens is 239 g/mol. The first-order valence-electron chi connectivity index (χ1n) is 5.34. The smallest absolute Gasteiger partial charge is 0.412 e. The third-order valence-electron chi connectivity index (χ3n) is 2.02. The minimum atomic E-state index is -0.717. The molecule has 2 rings (SSSR count). The fourth-order valence-electron chi connectivity index (χ4n) is 1.35. The zero-order valence-electron chi connectivity index (χ0n) is 10.3. The summed E-state index contributed by atoms with van der Waals surface area (Å²) < 4.78 is 20.1. The van der Waals surface area contributed by atoms with Gasteiger partial charge in [-0.05, 0) is 20.8 Å². The fourth-order valence-corrected chi connectivity index (χ4v) is 1.35. The number of carbonyl (C=O) groups is 1. The van der Waals surface area contributed by atoms with E-state index in [4.69, 9.17) is 4.74 Å². The summed E-state index contributed by atoms with van der Waals surface area (Å²) in [6, 6.07) is 1.38. The van der Waals surface area contributed by atoms with Crippen molar-refractivity contribution in [1.29, 1.82) is 0 Å². The van der Waals surface area contributed by atoms with Crippen LogP contribution in [-0.4, -0.2) is 26.3 Å². The van der Waals surface area contributed by atoms with Gasteiger partial charge in [-0.3, -0.25) is 9.72 Å². The second-order valence-corrected chi connectivity index (χ2v) is 4.76. The van der Waals surface area contributed by atoms with Gasteiger partial charge < -0.3 is 4.74 Å². The number of halogens is 1. The van der Waals surface area contributed by atoms with Crippen molar-refractivity contribution in [3.8, 4) is 0 Å². The van der Waals surface area contributed by atoms with E-state index in [1.807, 2.05) is 0 Å². The highest BCUT2D eigenvalue weighted by Gasteiger charge is 2.17. The van der Waals surface area contributed by atoms with Crippen LogP contribution in [0, 0.1) is 5.82 Å². The summed E-state index contributed by atoms with van der Waals surface area (Å²) in [6.45, 7) is 5.18. The molecule has 1 amide bonds. The maximum Gasteiger partial charge on any atom is 0.412 e. The van der Waals surface area contributed by atoms with Crippen LogP contribution >= 0.6 is 0 Å². The average Bonchev–Trinajstić information content (AvgIpc) is 2.62. The lowest BCUT2D eigenvalue weighted by Crippen LogP contribution is -2.27. The van der Waals surface area contributed by atoms with Crippen LogP contribution in [0.25, 0.3) is 5.65 Å². The Kier molecular flexibility index (Phi) is 2.90. The number of fused-ring (bicyclic) bond motifs is 1. The van der Waals surface area contributed by atoms with Crippen LogP contribution in [0.4, 0.5) is 14.9 Å². The van der Waals surface area contributed by atoms with E-state index in [1.54, 1.807) is 20.8 Å². The van der Waals surface area contributed by atoms with E-state index in [0.29, 0.717) is 5.65 Å². The Morgan fingerprint density at radius 3 is 2.89 bits per heavy atom. The van der Waals surface area contributed by atoms with Gasteiger partial charge in [-0.1, -0.05) is 0 Å². The van der Waals surface area contributed by atoms with Gasteiger partial charge in [0.25, 0.3) is 0 Å². The van der Waals surface area contributed by atoms with E-state index in [-0.39, 0.29) is 5.69 Å². The number of hydrogen-bond acceptors (Lipinski definition) is 4. The molecule has 96 valence electrons. The molecule has 0 aliphatic rings. The number of carbonyl (C=O) groups excluding carboxylic acids is 1. The van der Waals surface area contributed by atoms with E-state index >= 15 is 0 Å². The van der Waals surface area contributed by atoms with Crippen molar-refractivity contribution in [3.05, 3.63) is 24.4 Å². The van der Waals surface area contributed by atoms with Crippen molar-refractivity contribution in [3.63, 3.8) is 0 Å². The summed E-state index contributed by atoms with van der Waals surface area (Å²) in [5.74, 6) is -0.590. The number of ether oxygens (including phenoxy) is 1. The number of nitrogens with one attached hydrogen (secondary N) is 1. The Balaban J connectivity index is 2.20. The zero-order chi connectivity index (χ0) is 13.3. The molecule has 0 atom stereocenters. The Labute approximate surface area is 103 Å². The molecule has 2 heterocycles. The predicted octanol–water partition coefficient (Wildman–Crippen LogP) is 2.22. The summed E-state index contributed by atoms with van der Waals surface area (Å²) >= 11 is 0. The number of anilines is 1. The van der Waals surface area contributed by atoms with Gasteiger partial charge in [0.1, 0.15) is 11.9 Å². The summed E-state index contributed by atoms with van der Waals surface area (Å²) in [7, 11) is 0. The van der Waals surface area contributed by atoms with Gasteiger partial charge in [-0.25, -0.2) is 9.18 Å². The van der Waals surface area contributed by atoms with Gasteiger partial charge in [-0.2, -0.15) is 0 Å². The quantitative estimate of drug-likeness (QED) is 0.844. The van der Waals surface area contributed by atoms with Gasteiger partial charge in [0.15, 0.2) is 11.5 Å². The van der Waals surface area contributed by atoms with E-state index < -0.39 is 17.5 Å². The molecule has 7 heteroatoms. The molecule has 0 spiro atoms. The molecule has 0 radical (unpaired) electrons. The van der Waals surface area contributed by atoms with Crippen molar-refractivity contribution in [2.24, 2.45) is 0 Å². The SMILES string of the molecule is CC(C)(C)OC(=O)Nc1cc2nncn2cc1F. The van der Waals surface area contributed by atoms with Crippen molar-refractivity contribution in [1.82, 2.24) is 14.6 Å². The van der Waals surface area contributed by atoms with Crippen LogP contribution in [0.5, 0.6) is 0 Å². The minimum absolute atomic E-state index is 0.00440. The van der Waals surface area contributed by atoms with Crippen molar-refractivity contribution < 1.29 is 13.9 Å². The number of nitrogens with zero attached hydrogens (tertiary/aromatic N) is 3. The molecule has 0 aliphatic heterocycles. The molecule has 0 saturated carbocycles.